The van der Waals surface area contributed by atoms with E-state index >= 15 is 0 Å². The molecular formula is C30H42O5SSi. The van der Waals surface area contributed by atoms with E-state index in [-0.39, 0.29) is 16.3 Å². The molecule has 1 aliphatic carbocycles. The first-order chi connectivity index (χ1) is 17.6. The number of esters is 1. The molecule has 0 unspecified atom stereocenters. The van der Waals surface area contributed by atoms with Crippen molar-refractivity contribution in [3.63, 3.8) is 0 Å². The van der Waals surface area contributed by atoms with Crippen LogP contribution in [-0.4, -0.2) is 38.5 Å². The number of hydrogen-bond acceptors (Lipinski definition) is 6. The van der Waals surface area contributed by atoms with Gasteiger partial charge in [0.15, 0.2) is 17.6 Å². The summed E-state index contributed by atoms with van der Waals surface area (Å²) in [5.41, 5.74) is 0. The van der Waals surface area contributed by atoms with Gasteiger partial charge >= 0.3 is 5.97 Å². The van der Waals surface area contributed by atoms with E-state index in [2.05, 4.69) is 40.8 Å². The second kappa shape index (κ2) is 12.9. The van der Waals surface area contributed by atoms with E-state index in [0.717, 1.165) is 24.3 Å². The summed E-state index contributed by atoms with van der Waals surface area (Å²) in [6.45, 7) is 13.3. The molecule has 0 aliphatic heterocycles. The first kappa shape index (κ1) is 29.2. The van der Waals surface area contributed by atoms with Gasteiger partial charge in [-0.15, -0.1) is 11.8 Å². The molecule has 3 rings (SSSR count). The van der Waals surface area contributed by atoms with Crippen LogP contribution in [-0.2, 0) is 14.0 Å². The highest BCUT2D eigenvalue weighted by atomic mass is 32.2. The van der Waals surface area contributed by atoms with Crippen molar-refractivity contribution < 1.29 is 23.4 Å². The SMILES string of the molecule is CCCCS[C@H]1C(Oc2ccccc2)=C(O[Si](C)(C)C(C)(C)C)[C@@H](Oc2ccccc2)C[C@@H]1C(=O)OC. The van der Waals surface area contributed by atoms with Crippen LogP contribution in [0.5, 0.6) is 11.5 Å². The normalized spacial score (nSPS) is 20.4. The molecular weight excluding hydrogens is 500 g/mol. The molecule has 5 nitrogen and oxygen atoms in total. The van der Waals surface area contributed by atoms with E-state index in [1.54, 1.807) is 11.8 Å². The third kappa shape index (κ3) is 7.57. The summed E-state index contributed by atoms with van der Waals surface area (Å²) in [7, 11) is -0.828. The van der Waals surface area contributed by atoms with Gasteiger partial charge in [0.1, 0.15) is 11.5 Å². The predicted molar refractivity (Wildman–Crippen MR) is 155 cm³/mol. The standard InChI is InChI=1S/C30H42O5SSi/c1-8-9-20-36-28-24(29(31)32-5)21-25(33-22-16-12-10-13-17-22)26(35-37(6,7)30(2,3)4)27(28)34-23-18-14-11-15-19-23/h10-19,24-25,28H,8-9,20-21H2,1-7H3/t24-,25-,28+/m0/s1. The number of carbonyl (C=O) groups is 1. The molecule has 1 aliphatic rings. The van der Waals surface area contributed by atoms with Crippen molar-refractivity contribution >= 4 is 26.0 Å². The van der Waals surface area contributed by atoms with Crippen LogP contribution < -0.4 is 9.47 Å². The fourth-order valence-corrected chi connectivity index (χ4v) is 6.46. The number of para-hydroxylation sites is 2. The van der Waals surface area contributed by atoms with Crippen LogP contribution in [0.15, 0.2) is 72.2 Å². The summed E-state index contributed by atoms with van der Waals surface area (Å²) < 4.78 is 25.5. The van der Waals surface area contributed by atoms with Crippen LogP contribution in [0.1, 0.15) is 47.0 Å². The molecule has 0 spiro atoms. The molecule has 0 N–H and O–H groups in total. The molecule has 0 heterocycles. The third-order valence-corrected chi connectivity index (χ3v) is 12.9. The first-order valence-corrected chi connectivity index (χ1v) is 17.1. The van der Waals surface area contributed by atoms with Crippen molar-refractivity contribution in [1.82, 2.24) is 0 Å². The van der Waals surface area contributed by atoms with Crippen LogP contribution in [0.4, 0.5) is 0 Å². The summed E-state index contributed by atoms with van der Waals surface area (Å²) in [5.74, 6) is 3.03. The Kier molecular flexibility index (Phi) is 10.2. The quantitative estimate of drug-likeness (QED) is 0.164. The van der Waals surface area contributed by atoms with Gasteiger partial charge in [-0.25, -0.2) is 0 Å². The van der Waals surface area contributed by atoms with Gasteiger partial charge in [0, 0.05) is 6.42 Å². The fraction of sp³-hybridized carbons (Fsp3) is 0.500. The average molecular weight is 543 g/mol. The van der Waals surface area contributed by atoms with Gasteiger partial charge in [0.2, 0.25) is 8.32 Å². The third-order valence-electron chi connectivity index (χ3n) is 7.09. The summed E-state index contributed by atoms with van der Waals surface area (Å²) in [6.07, 6.45) is 2.10. The van der Waals surface area contributed by atoms with Crippen molar-refractivity contribution in [1.29, 1.82) is 0 Å². The Morgan fingerprint density at radius 2 is 1.57 bits per heavy atom. The number of benzene rings is 2. The molecule has 202 valence electrons. The fourth-order valence-electron chi connectivity index (χ4n) is 3.89. The van der Waals surface area contributed by atoms with Crippen molar-refractivity contribution in [2.75, 3.05) is 12.9 Å². The molecule has 0 fully saturated rings. The molecule has 2 aromatic carbocycles. The zero-order chi connectivity index (χ0) is 27.1. The molecule has 0 amide bonds. The zero-order valence-corrected chi connectivity index (χ0v) is 25.1. The number of rotatable bonds is 11. The Morgan fingerprint density at radius 1 is 0.973 bits per heavy atom. The highest BCUT2D eigenvalue weighted by Crippen LogP contribution is 2.45. The molecule has 0 aromatic heterocycles. The van der Waals surface area contributed by atoms with E-state index in [4.69, 9.17) is 18.6 Å². The number of methoxy groups -OCH3 is 1. The second-order valence-electron chi connectivity index (χ2n) is 10.9. The topological polar surface area (TPSA) is 54.0 Å². The monoisotopic (exact) mass is 542 g/mol. The van der Waals surface area contributed by atoms with Gasteiger partial charge in [0.25, 0.3) is 0 Å². The lowest BCUT2D eigenvalue weighted by Gasteiger charge is -2.43. The van der Waals surface area contributed by atoms with Crippen molar-refractivity contribution in [2.45, 2.75) is 76.4 Å². The summed E-state index contributed by atoms with van der Waals surface area (Å²) in [4.78, 5) is 13.2. The Labute approximate surface area is 228 Å². The molecule has 0 saturated heterocycles. The van der Waals surface area contributed by atoms with Gasteiger partial charge in [-0.1, -0.05) is 70.5 Å². The van der Waals surface area contributed by atoms with Crippen LogP contribution in [0.2, 0.25) is 18.1 Å². The number of carbonyl (C=O) groups excluding carboxylic acids is 1. The largest absolute Gasteiger partial charge is 0.542 e. The van der Waals surface area contributed by atoms with Gasteiger partial charge in [-0.2, -0.15) is 0 Å². The van der Waals surface area contributed by atoms with Crippen LogP contribution in [0.25, 0.3) is 0 Å². The lowest BCUT2D eigenvalue weighted by atomic mass is 9.89. The van der Waals surface area contributed by atoms with Gasteiger partial charge in [-0.3, -0.25) is 4.79 Å². The Bertz CT molecular complexity index is 1030. The first-order valence-electron chi connectivity index (χ1n) is 13.1. The predicted octanol–water partition coefficient (Wildman–Crippen LogP) is 7.84. The molecule has 0 saturated carbocycles. The molecule has 2 aromatic rings. The van der Waals surface area contributed by atoms with Crippen molar-refractivity contribution in [3.8, 4) is 11.5 Å². The van der Waals surface area contributed by atoms with E-state index in [9.17, 15) is 4.79 Å². The maximum Gasteiger partial charge on any atom is 0.310 e. The van der Waals surface area contributed by atoms with Gasteiger partial charge in [0.05, 0.1) is 18.3 Å². The smallest absolute Gasteiger partial charge is 0.310 e. The van der Waals surface area contributed by atoms with Crippen molar-refractivity contribution in [2.24, 2.45) is 5.92 Å². The van der Waals surface area contributed by atoms with Crippen LogP contribution >= 0.6 is 11.8 Å². The lowest BCUT2D eigenvalue weighted by Crippen LogP contribution is -2.48. The number of unbranched alkanes of at least 4 members (excludes halogenated alkanes) is 1. The van der Waals surface area contributed by atoms with Gasteiger partial charge < -0.3 is 18.6 Å². The number of thioether (sulfide) groups is 1. The second-order valence-corrected chi connectivity index (χ2v) is 16.9. The average Bonchev–Trinajstić information content (AvgIpc) is 2.87. The maximum absolute atomic E-state index is 13.2. The molecule has 37 heavy (non-hydrogen) atoms. The lowest BCUT2D eigenvalue weighted by molar-refractivity contribution is -0.146. The van der Waals surface area contributed by atoms with Crippen LogP contribution in [0.3, 0.4) is 0 Å². The van der Waals surface area contributed by atoms with Crippen molar-refractivity contribution in [3.05, 3.63) is 72.2 Å². The molecule has 0 radical (unpaired) electrons. The summed E-state index contributed by atoms with van der Waals surface area (Å²) in [6, 6.07) is 19.4. The van der Waals surface area contributed by atoms with E-state index in [0.29, 0.717) is 23.7 Å². The minimum Gasteiger partial charge on any atom is -0.542 e. The molecule has 3 atom stereocenters. The molecule has 0 bridgehead atoms. The Morgan fingerprint density at radius 3 is 2.11 bits per heavy atom. The number of hydrogen-bond donors (Lipinski definition) is 0. The van der Waals surface area contributed by atoms with E-state index in [1.807, 2.05) is 60.7 Å². The van der Waals surface area contributed by atoms with Gasteiger partial charge in [-0.05, 0) is 54.6 Å². The Hall–Kier alpha value is -2.38. The molecule has 7 heteroatoms. The maximum atomic E-state index is 13.2. The van der Waals surface area contributed by atoms with Crippen LogP contribution in [0, 0.1) is 5.92 Å². The van der Waals surface area contributed by atoms with E-state index < -0.39 is 20.3 Å². The Balaban J connectivity index is 2.18. The highest BCUT2D eigenvalue weighted by molar-refractivity contribution is 8.00. The highest BCUT2D eigenvalue weighted by Gasteiger charge is 2.49. The van der Waals surface area contributed by atoms with E-state index in [1.165, 1.54) is 7.11 Å². The zero-order valence-electron chi connectivity index (χ0n) is 23.3. The number of ether oxygens (including phenoxy) is 3. The summed E-state index contributed by atoms with van der Waals surface area (Å²) >= 11 is 1.74. The minimum absolute atomic E-state index is 0.0286. The summed E-state index contributed by atoms with van der Waals surface area (Å²) in [5, 5.41) is -0.270. The minimum atomic E-state index is -2.28.